The van der Waals surface area contributed by atoms with Crippen LogP contribution in [0.4, 0.5) is 0 Å². The lowest BCUT2D eigenvalue weighted by Crippen LogP contribution is -2.05. The molecule has 0 spiro atoms. The van der Waals surface area contributed by atoms with E-state index in [0.717, 1.165) is 70.7 Å². The number of rotatable bonds is 7. The Kier molecular flexibility index (Phi) is 6.00. The lowest BCUT2D eigenvalue weighted by molar-refractivity contribution is 0.690. The Morgan fingerprint density at radius 3 is 2.49 bits per heavy atom. The van der Waals surface area contributed by atoms with Gasteiger partial charge in [-0.1, -0.05) is 67.9 Å². The molecule has 5 nitrogen and oxygen atoms in total. The Bertz CT molecular complexity index is 1720. The fourth-order valence-corrected chi connectivity index (χ4v) is 4.91. The monoisotopic (exact) mass is 481 g/mol. The van der Waals surface area contributed by atoms with Gasteiger partial charge in [0.15, 0.2) is 0 Å². The van der Waals surface area contributed by atoms with Crippen molar-refractivity contribution >= 4 is 16.7 Å². The third kappa shape index (κ3) is 4.39. The molecule has 3 heterocycles. The fraction of sp³-hybridized carbons (Fsp3) is 0.156. The lowest BCUT2D eigenvalue weighted by atomic mass is 9.99. The normalized spacial score (nSPS) is 11.2. The molecule has 0 aliphatic rings. The first-order chi connectivity index (χ1) is 18.2. The Hall–Kier alpha value is -4.69. The molecule has 0 saturated heterocycles. The van der Waals surface area contributed by atoms with E-state index in [9.17, 15) is 5.26 Å². The molecular formula is C32H27N5. The number of pyridine rings is 1. The van der Waals surface area contributed by atoms with Crippen molar-refractivity contribution in [2.24, 2.45) is 0 Å². The number of imidazole rings is 2. The van der Waals surface area contributed by atoms with E-state index in [4.69, 9.17) is 9.97 Å². The molecule has 0 aliphatic carbocycles. The van der Waals surface area contributed by atoms with Crippen LogP contribution in [0.1, 0.15) is 36.7 Å². The van der Waals surface area contributed by atoms with Crippen molar-refractivity contribution in [3.8, 4) is 28.5 Å². The van der Waals surface area contributed by atoms with Gasteiger partial charge in [-0.2, -0.15) is 5.26 Å². The van der Waals surface area contributed by atoms with Crippen molar-refractivity contribution in [3.05, 3.63) is 114 Å². The highest BCUT2D eigenvalue weighted by atomic mass is 15.1. The fourth-order valence-electron chi connectivity index (χ4n) is 4.91. The van der Waals surface area contributed by atoms with Crippen LogP contribution in [0.2, 0.25) is 0 Å². The number of nitrogens with zero attached hydrogens (tertiary/aromatic N) is 5. The van der Waals surface area contributed by atoms with Gasteiger partial charge in [-0.3, -0.25) is 0 Å². The molecule has 3 aromatic carbocycles. The zero-order valence-electron chi connectivity index (χ0n) is 20.8. The van der Waals surface area contributed by atoms with Gasteiger partial charge in [0.05, 0.1) is 28.4 Å². The molecule has 6 aromatic rings. The molecule has 0 saturated carbocycles. The first-order valence-electron chi connectivity index (χ1n) is 12.7. The average molecular weight is 482 g/mol. The van der Waals surface area contributed by atoms with E-state index in [1.807, 2.05) is 48.7 Å². The Morgan fingerprint density at radius 2 is 1.68 bits per heavy atom. The third-order valence-electron chi connectivity index (χ3n) is 6.89. The smallest absolute Gasteiger partial charge is 0.137 e. The minimum atomic E-state index is 0.692. The first-order valence-corrected chi connectivity index (χ1v) is 12.7. The van der Waals surface area contributed by atoms with Crippen molar-refractivity contribution in [2.75, 3.05) is 0 Å². The van der Waals surface area contributed by atoms with Crippen LogP contribution in [-0.4, -0.2) is 18.9 Å². The van der Waals surface area contributed by atoms with Crippen LogP contribution in [0.3, 0.4) is 0 Å². The van der Waals surface area contributed by atoms with Crippen molar-refractivity contribution in [1.82, 2.24) is 18.9 Å². The average Bonchev–Trinajstić information content (AvgIpc) is 3.53. The van der Waals surface area contributed by atoms with E-state index in [1.54, 1.807) is 0 Å². The zero-order valence-corrected chi connectivity index (χ0v) is 20.8. The van der Waals surface area contributed by atoms with Gasteiger partial charge >= 0.3 is 0 Å². The summed E-state index contributed by atoms with van der Waals surface area (Å²) in [6.07, 6.45) is 7.28. The maximum atomic E-state index is 9.49. The zero-order chi connectivity index (χ0) is 25.2. The number of hydrogen-bond acceptors (Lipinski definition) is 3. The summed E-state index contributed by atoms with van der Waals surface area (Å²) in [5.74, 6) is 1.11. The summed E-state index contributed by atoms with van der Waals surface area (Å²) >= 11 is 0. The van der Waals surface area contributed by atoms with Crippen LogP contribution in [0, 0.1) is 11.3 Å². The second kappa shape index (κ2) is 9.75. The molecule has 0 N–H and O–H groups in total. The Labute approximate surface area is 216 Å². The highest BCUT2D eigenvalue weighted by Crippen LogP contribution is 2.28. The highest BCUT2D eigenvalue weighted by molar-refractivity contribution is 5.82. The number of benzene rings is 3. The number of unbranched alkanes of at least 4 members (excludes halogenated alkanes) is 1. The van der Waals surface area contributed by atoms with Crippen LogP contribution in [-0.2, 0) is 13.0 Å². The van der Waals surface area contributed by atoms with E-state index < -0.39 is 0 Å². The van der Waals surface area contributed by atoms with Crippen LogP contribution in [0.5, 0.6) is 0 Å². The molecule has 37 heavy (non-hydrogen) atoms. The van der Waals surface area contributed by atoms with Gasteiger partial charge in [0.2, 0.25) is 0 Å². The molecule has 180 valence electrons. The van der Waals surface area contributed by atoms with Gasteiger partial charge < -0.3 is 8.97 Å². The van der Waals surface area contributed by atoms with Gasteiger partial charge in [0.1, 0.15) is 11.5 Å². The second-order valence-corrected chi connectivity index (χ2v) is 9.37. The van der Waals surface area contributed by atoms with Gasteiger partial charge in [0, 0.05) is 30.9 Å². The predicted octanol–water partition coefficient (Wildman–Crippen LogP) is 7.28. The molecule has 0 aliphatic heterocycles. The van der Waals surface area contributed by atoms with Crippen LogP contribution < -0.4 is 0 Å². The quantitative estimate of drug-likeness (QED) is 0.241. The van der Waals surface area contributed by atoms with Gasteiger partial charge in [-0.05, 0) is 53.4 Å². The number of fused-ring (bicyclic) bond motifs is 2. The predicted molar refractivity (Wildman–Crippen MR) is 148 cm³/mol. The molecule has 6 rings (SSSR count). The van der Waals surface area contributed by atoms with Crippen molar-refractivity contribution in [3.63, 3.8) is 0 Å². The molecule has 0 unspecified atom stereocenters. The summed E-state index contributed by atoms with van der Waals surface area (Å²) in [7, 11) is 0. The summed E-state index contributed by atoms with van der Waals surface area (Å²) in [6.45, 7) is 2.96. The van der Waals surface area contributed by atoms with Gasteiger partial charge in [-0.25, -0.2) is 9.97 Å². The number of aryl methyl sites for hydroxylation is 1. The standard InChI is InChI=1S/C32H27N5/c1-2-3-10-32-34-28-17-16-25(29-22-36-18-7-6-11-31(36)35-29)19-30(28)37(32)21-23-12-14-24(15-13-23)27-9-5-4-8-26(27)20-33/h4-9,11-19,22H,2-3,10,21H2,1H3. The second-order valence-electron chi connectivity index (χ2n) is 9.37. The van der Waals surface area contributed by atoms with Crippen molar-refractivity contribution in [2.45, 2.75) is 32.7 Å². The Balaban J connectivity index is 1.38. The SMILES string of the molecule is CCCCc1nc2ccc(-c3cn4ccccc4n3)cc2n1Cc1ccc(-c2ccccc2C#N)cc1. The van der Waals surface area contributed by atoms with Crippen LogP contribution >= 0.6 is 0 Å². The van der Waals surface area contributed by atoms with Crippen molar-refractivity contribution < 1.29 is 0 Å². The van der Waals surface area contributed by atoms with Crippen molar-refractivity contribution in [1.29, 1.82) is 5.26 Å². The maximum Gasteiger partial charge on any atom is 0.137 e. The van der Waals surface area contributed by atoms with E-state index in [2.05, 4.69) is 70.6 Å². The molecule has 0 atom stereocenters. The van der Waals surface area contributed by atoms with Gasteiger partial charge in [0.25, 0.3) is 0 Å². The largest absolute Gasteiger partial charge is 0.323 e. The summed E-state index contributed by atoms with van der Waals surface area (Å²) in [5, 5.41) is 9.49. The number of hydrogen-bond donors (Lipinski definition) is 0. The summed E-state index contributed by atoms with van der Waals surface area (Å²) in [4.78, 5) is 9.84. The number of aromatic nitrogens is 4. The molecule has 0 amide bonds. The minimum absolute atomic E-state index is 0.692. The molecular weight excluding hydrogens is 454 g/mol. The highest BCUT2D eigenvalue weighted by Gasteiger charge is 2.14. The molecule has 0 fully saturated rings. The summed E-state index contributed by atoms with van der Waals surface area (Å²) < 4.78 is 4.40. The third-order valence-corrected chi connectivity index (χ3v) is 6.89. The number of nitriles is 1. The van der Waals surface area contributed by atoms with E-state index in [0.29, 0.717) is 5.56 Å². The van der Waals surface area contributed by atoms with Crippen LogP contribution in [0.25, 0.3) is 39.1 Å². The van der Waals surface area contributed by atoms with Gasteiger partial charge in [-0.15, -0.1) is 0 Å². The summed E-state index contributed by atoms with van der Waals surface area (Å²) in [6, 6.07) is 31.1. The minimum Gasteiger partial charge on any atom is -0.323 e. The summed E-state index contributed by atoms with van der Waals surface area (Å²) in [5.41, 5.74) is 9.03. The molecule has 5 heteroatoms. The van der Waals surface area contributed by atoms with Crippen LogP contribution in [0.15, 0.2) is 97.3 Å². The Morgan fingerprint density at radius 1 is 0.865 bits per heavy atom. The lowest BCUT2D eigenvalue weighted by Gasteiger charge is -2.11. The topological polar surface area (TPSA) is 58.9 Å². The van der Waals surface area contributed by atoms with E-state index in [1.165, 1.54) is 5.56 Å². The first kappa shape index (κ1) is 22.8. The maximum absolute atomic E-state index is 9.49. The van der Waals surface area contributed by atoms with E-state index in [-0.39, 0.29) is 0 Å². The molecule has 0 bridgehead atoms. The molecule has 0 radical (unpaired) electrons. The molecule has 3 aromatic heterocycles. The van der Waals surface area contributed by atoms with E-state index >= 15 is 0 Å².